The van der Waals surface area contributed by atoms with Crippen LogP contribution in [0.1, 0.15) is 5.56 Å². The standard InChI is InChI=1S/C12H12BrFO3/c13-12-8(2-1-3-9(12)14)6-10(15)11-7-16-4-5-17-11/h1-3,11H,4-7H2. The molecular weight excluding hydrogens is 291 g/mol. The Hall–Kier alpha value is -0.780. The Kier molecular flexibility index (Phi) is 4.25. The van der Waals surface area contributed by atoms with E-state index in [-0.39, 0.29) is 24.6 Å². The Morgan fingerprint density at radius 3 is 3.00 bits per heavy atom. The van der Waals surface area contributed by atoms with Crippen molar-refractivity contribution in [2.75, 3.05) is 19.8 Å². The first-order valence-corrected chi connectivity index (χ1v) is 6.12. The molecule has 0 bridgehead atoms. The molecule has 0 aromatic heterocycles. The molecule has 1 aliphatic rings. The molecule has 1 atom stereocenters. The molecular formula is C12H12BrFO3. The van der Waals surface area contributed by atoms with Crippen LogP contribution < -0.4 is 0 Å². The molecule has 1 unspecified atom stereocenters. The molecule has 1 heterocycles. The second kappa shape index (κ2) is 5.71. The van der Waals surface area contributed by atoms with E-state index in [2.05, 4.69) is 15.9 Å². The Morgan fingerprint density at radius 2 is 2.29 bits per heavy atom. The van der Waals surface area contributed by atoms with Gasteiger partial charge in [-0.05, 0) is 27.6 Å². The summed E-state index contributed by atoms with van der Waals surface area (Å²) in [5.41, 5.74) is 0.629. The van der Waals surface area contributed by atoms with Gasteiger partial charge in [0, 0.05) is 6.42 Å². The van der Waals surface area contributed by atoms with E-state index in [0.29, 0.717) is 23.2 Å². The van der Waals surface area contributed by atoms with Gasteiger partial charge >= 0.3 is 0 Å². The number of benzene rings is 1. The third-order valence-corrected chi connectivity index (χ3v) is 3.46. The van der Waals surface area contributed by atoms with Gasteiger partial charge in [-0.25, -0.2) is 4.39 Å². The Labute approximate surface area is 107 Å². The van der Waals surface area contributed by atoms with Crippen LogP contribution in [0.5, 0.6) is 0 Å². The molecule has 3 nitrogen and oxygen atoms in total. The average Bonchev–Trinajstić information content (AvgIpc) is 2.36. The smallest absolute Gasteiger partial charge is 0.168 e. The van der Waals surface area contributed by atoms with Crippen LogP contribution in [-0.4, -0.2) is 31.7 Å². The maximum absolute atomic E-state index is 13.3. The lowest BCUT2D eigenvalue weighted by Gasteiger charge is -2.21. The lowest BCUT2D eigenvalue weighted by molar-refractivity contribution is -0.144. The molecule has 2 rings (SSSR count). The molecule has 1 fully saturated rings. The predicted molar refractivity (Wildman–Crippen MR) is 63.4 cm³/mol. The number of carbonyl (C=O) groups excluding carboxylic acids is 1. The fourth-order valence-corrected chi connectivity index (χ4v) is 2.06. The summed E-state index contributed by atoms with van der Waals surface area (Å²) in [6.07, 6.45) is -0.384. The molecule has 17 heavy (non-hydrogen) atoms. The largest absolute Gasteiger partial charge is 0.376 e. The van der Waals surface area contributed by atoms with E-state index < -0.39 is 6.10 Å². The summed E-state index contributed by atoms with van der Waals surface area (Å²) in [4.78, 5) is 11.9. The van der Waals surface area contributed by atoms with Gasteiger partial charge in [-0.15, -0.1) is 0 Å². The average molecular weight is 303 g/mol. The van der Waals surface area contributed by atoms with Gasteiger partial charge in [0.1, 0.15) is 11.9 Å². The summed E-state index contributed by atoms with van der Waals surface area (Å²) in [7, 11) is 0. The zero-order chi connectivity index (χ0) is 12.3. The Bertz CT molecular complexity index is 416. The molecule has 0 spiro atoms. The van der Waals surface area contributed by atoms with Gasteiger partial charge in [0.15, 0.2) is 5.78 Å². The number of hydrogen-bond donors (Lipinski definition) is 0. The number of halogens is 2. The van der Waals surface area contributed by atoms with Crippen molar-refractivity contribution in [2.45, 2.75) is 12.5 Å². The van der Waals surface area contributed by atoms with Crippen molar-refractivity contribution < 1.29 is 18.7 Å². The van der Waals surface area contributed by atoms with Crippen LogP contribution in [0.4, 0.5) is 4.39 Å². The first kappa shape index (κ1) is 12.7. The minimum Gasteiger partial charge on any atom is -0.376 e. The molecule has 5 heteroatoms. The van der Waals surface area contributed by atoms with Crippen LogP contribution in [0.15, 0.2) is 22.7 Å². The van der Waals surface area contributed by atoms with Crippen molar-refractivity contribution in [3.8, 4) is 0 Å². The van der Waals surface area contributed by atoms with Crippen molar-refractivity contribution in [3.05, 3.63) is 34.1 Å². The lowest BCUT2D eigenvalue weighted by atomic mass is 10.1. The number of hydrogen-bond acceptors (Lipinski definition) is 3. The van der Waals surface area contributed by atoms with Gasteiger partial charge in [-0.3, -0.25) is 4.79 Å². The van der Waals surface area contributed by atoms with E-state index in [9.17, 15) is 9.18 Å². The first-order chi connectivity index (χ1) is 8.18. The number of rotatable bonds is 3. The minimum absolute atomic E-state index is 0.0870. The highest BCUT2D eigenvalue weighted by atomic mass is 79.9. The maximum Gasteiger partial charge on any atom is 0.168 e. The molecule has 92 valence electrons. The van der Waals surface area contributed by atoms with Crippen molar-refractivity contribution >= 4 is 21.7 Å². The number of ether oxygens (including phenoxy) is 2. The summed E-state index contributed by atoms with van der Waals surface area (Å²) < 4.78 is 24.1. The highest BCUT2D eigenvalue weighted by molar-refractivity contribution is 9.10. The predicted octanol–water partition coefficient (Wildman–Crippen LogP) is 2.12. The first-order valence-electron chi connectivity index (χ1n) is 5.33. The third-order valence-electron chi connectivity index (χ3n) is 2.57. The molecule has 0 radical (unpaired) electrons. The van der Waals surface area contributed by atoms with Gasteiger partial charge in [0.05, 0.1) is 24.3 Å². The second-order valence-corrected chi connectivity index (χ2v) is 4.58. The Morgan fingerprint density at radius 1 is 1.47 bits per heavy atom. The van der Waals surface area contributed by atoms with Gasteiger partial charge < -0.3 is 9.47 Å². The monoisotopic (exact) mass is 302 g/mol. The molecule has 1 saturated heterocycles. The maximum atomic E-state index is 13.3. The lowest BCUT2D eigenvalue weighted by Crippen LogP contribution is -2.36. The van der Waals surface area contributed by atoms with E-state index >= 15 is 0 Å². The molecule has 0 amide bonds. The van der Waals surface area contributed by atoms with Crippen LogP contribution in [-0.2, 0) is 20.7 Å². The number of Topliss-reactive ketones (excluding diaryl/α,β-unsaturated/α-hetero) is 1. The molecule has 1 aromatic rings. The van der Waals surface area contributed by atoms with E-state index in [4.69, 9.17) is 9.47 Å². The van der Waals surface area contributed by atoms with Crippen LogP contribution >= 0.6 is 15.9 Å². The van der Waals surface area contributed by atoms with E-state index in [1.165, 1.54) is 6.07 Å². The van der Waals surface area contributed by atoms with Crippen molar-refractivity contribution in [2.24, 2.45) is 0 Å². The molecule has 0 N–H and O–H groups in total. The molecule has 0 saturated carbocycles. The summed E-state index contributed by atoms with van der Waals surface area (Å²) in [5, 5.41) is 0. The van der Waals surface area contributed by atoms with Crippen LogP contribution in [0, 0.1) is 5.82 Å². The quantitative estimate of drug-likeness (QED) is 0.858. The number of ketones is 1. The third kappa shape index (κ3) is 3.12. The topological polar surface area (TPSA) is 35.5 Å². The van der Waals surface area contributed by atoms with E-state index in [1.54, 1.807) is 12.1 Å². The summed E-state index contributed by atoms with van der Waals surface area (Å²) in [6, 6.07) is 4.65. The fourth-order valence-electron chi connectivity index (χ4n) is 1.66. The summed E-state index contributed by atoms with van der Waals surface area (Å²) in [5.74, 6) is -0.452. The minimum atomic E-state index is -0.529. The zero-order valence-corrected chi connectivity index (χ0v) is 10.7. The second-order valence-electron chi connectivity index (χ2n) is 3.79. The molecule has 1 aromatic carbocycles. The fraction of sp³-hybridized carbons (Fsp3) is 0.417. The van der Waals surface area contributed by atoms with E-state index in [1.807, 2.05) is 0 Å². The summed E-state index contributed by atoms with van der Waals surface area (Å²) in [6.45, 7) is 1.24. The van der Waals surface area contributed by atoms with Crippen molar-refractivity contribution in [1.29, 1.82) is 0 Å². The highest BCUT2D eigenvalue weighted by Crippen LogP contribution is 2.21. The van der Waals surface area contributed by atoms with Crippen LogP contribution in [0.25, 0.3) is 0 Å². The van der Waals surface area contributed by atoms with E-state index in [0.717, 1.165) is 0 Å². The SMILES string of the molecule is O=C(Cc1cccc(F)c1Br)C1COCCO1. The molecule has 1 aliphatic heterocycles. The van der Waals surface area contributed by atoms with Gasteiger partial charge in [0.25, 0.3) is 0 Å². The zero-order valence-electron chi connectivity index (χ0n) is 9.12. The van der Waals surface area contributed by atoms with Gasteiger partial charge in [-0.1, -0.05) is 12.1 Å². The van der Waals surface area contributed by atoms with Gasteiger partial charge in [0.2, 0.25) is 0 Å². The normalized spacial score (nSPS) is 20.2. The van der Waals surface area contributed by atoms with Crippen molar-refractivity contribution in [3.63, 3.8) is 0 Å². The molecule has 0 aliphatic carbocycles. The Balaban J connectivity index is 2.04. The highest BCUT2D eigenvalue weighted by Gasteiger charge is 2.23. The van der Waals surface area contributed by atoms with Crippen LogP contribution in [0.2, 0.25) is 0 Å². The summed E-state index contributed by atoms with van der Waals surface area (Å²) >= 11 is 3.13. The van der Waals surface area contributed by atoms with Crippen LogP contribution in [0.3, 0.4) is 0 Å². The number of carbonyl (C=O) groups is 1. The van der Waals surface area contributed by atoms with Gasteiger partial charge in [-0.2, -0.15) is 0 Å². The van der Waals surface area contributed by atoms with Crippen molar-refractivity contribution in [1.82, 2.24) is 0 Å².